The van der Waals surface area contributed by atoms with Gasteiger partial charge in [0.1, 0.15) is 6.04 Å². The molecule has 0 aromatic heterocycles. The summed E-state index contributed by atoms with van der Waals surface area (Å²) in [5.41, 5.74) is 1.12. The van der Waals surface area contributed by atoms with Crippen LogP contribution >= 0.6 is 0 Å². The third-order valence-corrected chi connectivity index (χ3v) is 2.54. The smallest absolute Gasteiger partial charge is 0.320 e. The molecule has 0 aliphatic heterocycles. The molecule has 0 saturated carbocycles. The first-order valence-corrected chi connectivity index (χ1v) is 5.74. The lowest BCUT2D eigenvalue weighted by atomic mass is 10.1. The number of hydrogen-bond acceptors (Lipinski definition) is 2. The van der Waals surface area contributed by atoms with Gasteiger partial charge in [-0.25, -0.2) is 0 Å². The highest BCUT2D eigenvalue weighted by Crippen LogP contribution is 2.03. The lowest BCUT2D eigenvalue weighted by molar-refractivity contribution is -0.139. The molecule has 88 valence electrons. The third kappa shape index (κ3) is 4.45. The quantitative estimate of drug-likeness (QED) is 0.743. The highest BCUT2D eigenvalue weighted by atomic mass is 16.4. The van der Waals surface area contributed by atoms with Crippen LogP contribution in [0.1, 0.15) is 31.7 Å². The van der Waals surface area contributed by atoms with Crippen molar-refractivity contribution in [3.05, 3.63) is 35.9 Å². The second kappa shape index (κ2) is 7.01. The summed E-state index contributed by atoms with van der Waals surface area (Å²) < 4.78 is 0. The van der Waals surface area contributed by atoms with Crippen LogP contribution in [-0.2, 0) is 11.3 Å². The van der Waals surface area contributed by atoms with Crippen LogP contribution in [0.3, 0.4) is 0 Å². The summed E-state index contributed by atoms with van der Waals surface area (Å²) in [5, 5.41) is 12.1. The number of nitrogens with one attached hydrogen (secondary N) is 1. The van der Waals surface area contributed by atoms with Crippen LogP contribution in [0, 0.1) is 0 Å². The molecule has 0 amide bonds. The Labute approximate surface area is 96.5 Å². The minimum atomic E-state index is -0.760. The Morgan fingerprint density at radius 3 is 2.62 bits per heavy atom. The van der Waals surface area contributed by atoms with Crippen molar-refractivity contribution in [2.45, 2.75) is 38.8 Å². The molecule has 3 heteroatoms. The standard InChI is InChI=1S/C13H19NO2/c1-2-3-9-12(13(15)16)14-10-11-7-5-4-6-8-11/h4-8,12,14H,2-3,9-10H2,1H3,(H,15,16)/t12-/m1/s1. The summed E-state index contributed by atoms with van der Waals surface area (Å²) in [5.74, 6) is -0.760. The Bertz CT molecular complexity index is 311. The van der Waals surface area contributed by atoms with Gasteiger partial charge in [0.25, 0.3) is 0 Å². The van der Waals surface area contributed by atoms with Gasteiger partial charge in [-0.3, -0.25) is 4.79 Å². The van der Waals surface area contributed by atoms with Crippen LogP contribution in [0.25, 0.3) is 0 Å². The van der Waals surface area contributed by atoms with E-state index in [2.05, 4.69) is 12.2 Å². The fourth-order valence-electron chi connectivity index (χ4n) is 1.56. The van der Waals surface area contributed by atoms with Crippen LogP contribution in [-0.4, -0.2) is 17.1 Å². The van der Waals surface area contributed by atoms with Crippen LogP contribution in [0.2, 0.25) is 0 Å². The number of carboxylic acids is 1. The first-order valence-electron chi connectivity index (χ1n) is 5.74. The molecule has 1 rings (SSSR count). The summed E-state index contributed by atoms with van der Waals surface area (Å²) in [4.78, 5) is 11.0. The van der Waals surface area contributed by atoms with E-state index in [9.17, 15) is 4.79 Å². The highest BCUT2D eigenvalue weighted by molar-refractivity contribution is 5.73. The maximum atomic E-state index is 11.0. The van der Waals surface area contributed by atoms with E-state index in [1.165, 1.54) is 0 Å². The highest BCUT2D eigenvalue weighted by Gasteiger charge is 2.15. The zero-order chi connectivity index (χ0) is 11.8. The van der Waals surface area contributed by atoms with Crippen molar-refractivity contribution in [2.24, 2.45) is 0 Å². The van der Waals surface area contributed by atoms with Gasteiger partial charge in [-0.2, -0.15) is 0 Å². The Kier molecular flexibility index (Phi) is 5.57. The molecule has 3 nitrogen and oxygen atoms in total. The van der Waals surface area contributed by atoms with Gasteiger partial charge in [0.15, 0.2) is 0 Å². The topological polar surface area (TPSA) is 49.3 Å². The molecule has 0 bridgehead atoms. The average Bonchev–Trinajstić information content (AvgIpc) is 2.30. The summed E-state index contributed by atoms with van der Waals surface area (Å²) in [6.07, 6.45) is 2.66. The summed E-state index contributed by atoms with van der Waals surface area (Å²) in [6, 6.07) is 9.42. The number of benzene rings is 1. The molecule has 0 radical (unpaired) electrons. The Morgan fingerprint density at radius 1 is 1.38 bits per heavy atom. The average molecular weight is 221 g/mol. The van der Waals surface area contributed by atoms with Gasteiger partial charge in [-0.05, 0) is 12.0 Å². The largest absolute Gasteiger partial charge is 0.480 e. The molecule has 2 N–H and O–H groups in total. The molecule has 0 heterocycles. The fraction of sp³-hybridized carbons (Fsp3) is 0.462. The molecule has 1 atom stereocenters. The van der Waals surface area contributed by atoms with E-state index in [0.717, 1.165) is 18.4 Å². The van der Waals surface area contributed by atoms with E-state index in [0.29, 0.717) is 13.0 Å². The van der Waals surface area contributed by atoms with Gasteiger partial charge in [-0.1, -0.05) is 50.1 Å². The van der Waals surface area contributed by atoms with Crippen molar-refractivity contribution in [1.29, 1.82) is 0 Å². The minimum absolute atomic E-state index is 0.430. The molecule has 1 aromatic rings. The Balaban J connectivity index is 2.41. The van der Waals surface area contributed by atoms with E-state index < -0.39 is 12.0 Å². The number of carbonyl (C=O) groups is 1. The second-order valence-electron chi connectivity index (χ2n) is 3.90. The van der Waals surface area contributed by atoms with E-state index in [1.54, 1.807) is 0 Å². The Morgan fingerprint density at radius 2 is 2.06 bits per heavy atom. The van der Waals surface area contributed by atoms with Crippen molar-refractivity contribution >= 4 is 5.97 Å². The normalized spacial score (nSPS) is 12.3. The van der Waals surface area contributed by atoms with Gasteiger partial charge in [0.2, 0.25) is 0 Å². The number of hydrogen-bond donors (Lipinski definition) is 2. The number of aliphatic carboxylic acids is 1. The molecule has 0 aliphatic carbocycles. The van der Waals surface area contributed by atoms with E-state index >= 15 is 0 Å². The molecule has 0 saturated heterocycles. The van der Waals surface area contributed by atoms with Gasteiger partial charge in [0, 0.05) is 6.54 Å². The Hall–Kier alpha value is -1.35. The molecule has 0 fully saturated rings. The molecule has 0 spiro atoms. The first-order chi connectivity index (χ1) is 7.74. The first kappa shape index (κ1) is 12.7. The van der Waals surface area contributed by atoms with Crippen molar-refractivity contribution in [3.8, 4) is 0 Å². The molecule has 0 unspecified atom stereocenters. The molecular formula is C13H19NO2. The van der Waals surface area contributed by atoms with E-state index in [4.69, 9.17) is 5.11 Å². The summed E-state index contributed by atoms with van der Waals surface area (Å²) in [6.45, 7) is 2.68. The predicted octanol–water partition coefficient (Wildman–Crippen LogP) is 2.42. The molecule has 16 heavy (non-hydrogen) atoms. The lowest BCUT2D eigenvalue weighted by Crippen LogP contribution is -2.36. The number of unbranched alkanes of at least 4 members (excludes halogenated alkanes) is 1. The predicted molar refractivity (Wildman–Crippen MR) is 64.2 cm³/mol. The number of carboxylic acid groups (broad SMARTS) is 1. The van der Waals surface area contributed by atoms with Gasteiger partial charge in [0.05, 0.1) is 0 Å². The molecule has 1 aromatic carbocycles. The minimum Gasteiger partial charge on any atom is -0.480 e. The third-order valence-electron chi connectivity index (χ3n) is 2.54. The van der Waals surface area contributed by atoms with Crippen LogP contribution < -0.4 is 5.32 Å². The number of rotatable bonds is 7. The summed E-state index contributed by atoms with van der Waals surface area (Å²) >= 11 is 0. The maximum absolute atomic E-state index is 11.0. The van der Waals surface area contributed by atoms with Crippen LogP contribution in [0.4, 0.5) is 0 Å². The van der Waals surface area contributed by atoms with Crippen LogP contribution in [0.5, 0.6) is 0 Å². The van der Waals surface area contributed by atoms with E-state index in [1.807, 2.05) is 30.3 Å². The van der Waals surface area contributed by atoms with Crippen molar-refractivity contribution in [3.63, 3.8) is 0 Å². The van der Waals surface area contributed by atoms with Gasteiger partial charge in [-0.15, -0.1) is 0 Å². The van der Waals surface area contributed by atoms with Gasteiger partial charge >= 0.3 is 5.97 Å². The molecule has 0 aliphatic rings. The monoisotopic (exact) mass is 221 g/mol. The van der Waals surface area contributed by atoms with Crippen LogP contribution in [0.15, 0.2) is 30.3 Å². The SMILES string of the molecule is CCCC[C@@H](NCc1ccccc1)C(=O)O. The zero-order valence-corrected chi connectivity index (χ0v) is 9.65. The molecular weight excluding hydrogens is 202 g/mol. The second-order valence-corrected chi connectivity index (χ2v) is 3.90. The zero-order valence-electron chi connectivity index (χ0n) is 9.65. The van der Waals surface area contributed by atoms with Crippen molar-refractivity contribution in [1.82, 2.24) is 5.32 Å². The van der Waals surface area contributed by atoms with Gasteiger partial charge < -0.3 is 10.4 Å². The fourth-order valence-corrected chi connectivity index (χ4v) is 1.56. The summed E-state index contributed by atoms with van der Waals surface area (Å²) in [7, 11) is 0. The maximum Gasteiger partial charge on any atom is 0.320 e. The van der Waals surface area contributed by atoms with Crippen molar-refractivity contribution < 1.29 is 9.90 Å². The van der Waals surface area contributed by atoms with E-state index in [-0.39, 0.29) is 0 Å². The lowest BCUT2D eigenvalue weighted by Gasteiger charge is -2.13. The van der Waals surface area contributed by atoms with Crippen molar-refractivity contribution in [2.75, 3.05) is 0 Å².